The molecule has 0 fully saturated rings. The molecule has 1 aromatic heterocycles. The zero-order valence-corrected chi connectivity index (χ0v) is 12.5. The van der Waals surface area contributed by atoms with Crippen LogP contribution < -0.4 is 4.74 Å². The van der Waals surface area contributed by atoms with Crippen molar-refractivity contribution in [3.05, 3.63) is 22.4 Å². The van der Waals surface area contributed by atoms with Crippen LogP contribution in [0.2, 0.25) is 0 Å². The van der Waals surface area contributed by atoms with E-state index in [1.807, 2.05) is 13.0 Å². The SMILES string of the molecule is CCCCCCC(C)Oc1cc(Br)cnc1C#N. The fourth-order valence-corrected chi connectivity index (χ4v) is 2.04. The van der Waals surface area contributed by atoms with Crippen molar-refractivity contribution in [3.8, 4) is 11.8 Å². The predicted octanol–water partition coefficient (Wildman–Crippen LogP) is 4.45. The first-order valence-corrected chi connectivity index (χ1v) is 7.19. The number of rotatable bonds is 7. The Kier molecular flexibility index (Phi) is 6.74. The fraction of sp³-hybridized carbons (Fsp3) is 0.571. The Balaban J connectivity index is 2.51. The van der Waals surface area contributed by atoms with Gasteiger partial charge in [-0.2, -0.15) is 5.26 Å². The van der Waals surface area contributed by atoms with Gasteiger partial charge >= 0.3 is 0 Å². The quantitative estimate of drug-likeness (QED) is 0.699. The van der Waals surface area contributed by atoms with Crippen molar-refractivity contribution in [2.45, 2.75) is 52.1 Å². The summed E-state index contributed by atoms with van der Waals surface area (Å²) >= 11 is 3.34. The smallest absolute Gasteiger partial charge is 0.182 e. The molecule has 4 heteroatoms. The first-order chi connectivity index (χ1) is 8.67. The van der Waals surface area contributed by atoms with E-state index in [1.54, 1.807) is 12.3 Å². The maximum atomic E-state index is 8.96. The zero-order chi connectivity index (χ0) is 13.4. The third kappa shape index (κ3) is 5.05. The summed E-state index contributed by atoms with van der Waals surface area (Å²) in [5.74, 6) is 0.565. The van der Waals surface area contributed by atoms with Crippen LogP contribution in [0.15, 0.2) is 16.7 Å². The standard InChI is InChI=1S/C14H19BrN2O/c1-3-4-5-6-7-11(2)18-14-8-12(15)10-17-13(14)9-16/h8,10-11H,3-7H2,1-2H3. The van der Waals surface area contributed by atoms with Crippen LogP contribution in [0.5, 0.6) is 5.75 Å². The molecule has 0 bridgehead atoms. The molecular weight excluding hydrogens is 292 g/mol. The van der Waals surface area contributed by atoms with Gasteiger partial charge in [-0.1, -0.05) is 26.2 Å². The number of ether oxygens (including phenoxy) is 1. The molecule has 0 radical (unpaired) electrons. The van der Waals surface area contributed by atoms with E-state index >= 15 is 0 Å². The molecule has 1 atom stereocenters. The van der Waals surface area contributed by atoms with Crippen LogP contribution >= 0.6 is 15.9 Å². The first kappa shape index (κ1) is 15.0. The lowest BCUT2D eigenvalue weighted by Gasteiger charge is -2.15. The van der Waals surface area contributed by atoms with Crippen LogP contribution in [0.3, 0.4) is 0 Å². The summed E-state index contributed by atoms with van der Waals surface area (Å²) in [6.45, 7) is 4.24. The second-order valence-corrected chi connectivity index (χ2v) is 5.31. The van der Waals surface area contributed by atoms with Gasteiger partial charge in [0.2, 0.25) is 0 Å². The lowest BCUT2D eigenvalue weighted by atomic mass is 10.1. The molecule has 0 N–H and O–H groups in total. The first-order valence-electron chi connectivity index (χ1n) is 6.39. The van der Waals surface area contributed by atoms with Crippen molar-refractivity contribution in [2.75, 3.05) is 0 Å². The van der Waals surface area contributed by atoms with Crippen LogP contribution in [0, 0.1) is 11.3 Å². The molecule has 0 aliphatic rings. The molecule has 1 heterocycles. The topological polar surface area (TPSA) is 45.9 Å². The second kappa shape index (κ2) is 8.10. The van der Waals surface area contributed by atoms with Gasteiger partial charge in [0.25, 0.3) is 0 Å². The van der Waals surface area contributed by atoms with Crippen molar-refractivity contribution >= 4 is 15.9 Å². The number of hydrogen-bond acceptors (Lipinski definition) is 3. The maximum absolute atomic E-state index is 8.96. The zero-order valence-electron chi connectivity index (χ0n) is 10.9. The van der Waals surface area contributed by atoms with Crippen molar-refractivity contribution in [1.29, 1.82) is 5.26 Å². The van der Waals surface area contributed by atoms with Crippen LogP contribution in [0.4, 0.5) is 0 Å². The van der Waals surface area contributed by atoms with Crippen molar-refractivity contribution in [1.82, 2.24) is 4.98 Å². The molecule has 3 nitrogen and oxygen atoms in total. The molecule has 0 spiro atoms. The normalized spacial score (nSPS) is 11.9. The van der Waals surface area contributed by atoms with Gasteiger partial charge in [0.05, 0.1) is 6.10 Å². The minimum atomic E-state index is 0.116. The Morgan fingerprint density at radius 1 is 1.44 bits per heavy atom. The molecule has 0 saturated heterocycles. The van der Waals surface area contributed by atoms with Gasteiger partial charge in [0, 0.05) is 10.7 Å². The van der Waals surface area contributed by atoms with Crippen molar-refractivity contribution in [3.63, 3.8) is 0 Å². The van der Waals surface area contributed by atoms with Gasteiger partial charge in [-0.15, -0.1) is 0 Å². The second-order valence-electron chi connectivity index (χ2n) is 4.39. The fourth-order valence-electron chi connectivity index (χ4n) is 1.73. The highest BCUT2D eigenvalue weighted by atomic mass is 79.9. The number of unbranched alkanes of at least 4 members (excludes halogenated alkanes) is 3. The van der Waals surface area contributed by atoms with E-state index < -0.39 is 0 Å². The highest BCUT2D eigenvalue weighted by Gasteiger charge is 2.10. The predicted molar refractivity (Wildman–Crippen MR) is 75.5 cm³/mol. The Morgan fingerprint density at radius 3 is 2.89 bits per heavy atom. The van der Waals surface area contributed by atoms with Crippen molar-refractivity contribution in [2.24, 2.45) is 0 Å². The van der Waals surface area contributed by atoms with E-state index in [-0.39, 0.29) is 6.10 Å². The molecule has 0 amide bonds. The Bertz CT molecular complexity index is 415. The van der Waals surface area contributed by atoms with Gasteiger partial charge < -0.3 is 4.74 Å². The Hall–Kier alpha value is -1.08. The van der Waals surface area contributed by atoms with Gasteiger partial charge in [-0.3, -0.25) is 0 Å². The van der Waals surface area contributed by atoms with E-state index in [0.29, 0.717) is 11.4 Å². The summed E-state index contributed by atoms with van der Waals surface area (Å²) in [6, 6.07) is 3.85. The van der Waals surface area contributed by atoms with Crippen LogP contribution in [-0.4, -0.2) is 11.1 Å². The molecule has 1 unspecified atom stereocenters. The number of aromatic nitrogens is 1. The minimum Gasteiger partial charge on any atom is -0.488 e. The van der Waals surface area contributed by atoms with E-state index in [0.717, 1.165) is 10.9 Å². The summed E-state index contributed by atoms with van der Waals surface area (Å²) in [6.07, 6.45) is 7.65. The minimum absolute atomic E-state index is 0.116. The average molecular weight is 311 g/mol. The number of hydrogen-bond donors (Lipinski definition) is 0. The van der Waals surface area contributed by atoms with Gasteiger partial charge in [-0.05, 0) is 41.8 Å². The lowest BCUT2D eigenvalue weighted by Crippen LogP contribution is -2.12. The summed E-state index contributed by atoms with van der Waals surface area (Å²) in [5, 5.41) is 8.96. The number of halogens is 1. The largest absolute Gasteiger partial charge is 0.488 e. The summed E-state index contributed by atoms with van der Waals surface area (Å²) in [7, 11) is 0. The molecule has 98 valence electrons. The molecule has 0 aromatic carbocycles. The molecular formula is C14H19BrN2O. The molecule has 0 aliphatic heterocycles. The van der Waals surface area contributed by atoms with E-state index in [1.165, 1.54) is 25.7 Å². The highest BCUT2D eigenvalue weighted by molar-refractivity contribution is 9.10. The van der Waals surface area contributed by atoms with Gasteiger partial charge in [-0.25, -0.2) is 4.98 Å². The van der Waals surface area contributed by atoms with E-state index in [2.05, 4.69) is 27.8 Å². The highest BCUT2D eigenvalue weighted by Crippen LogP contribution is 2.23. The van der Waals surface area contributed by atoms with Gasteiger partial charge in [0.15, 0.2) is 11.4 Å². The third-order valence-electron chi connectivity index (χ3n) is 2.72. The molecule has 0 aliphatic carbocycles. The molecule has 0 saturated carbocycles. The number of nitriles is 1. The molecule has 18 heavy (non-hydrogen) atoms. The van der Waals surface area contributed by atoms with Crippen LogP contribution in [0.25, 0.3) is 0 Å². The number of nitrogens with zero attached hydrogens (tertiary/aromatic N) is 2. The number of pyridine rings is 1. The van der Waals surface area contributed by atoms with E-state index in [9.17, 15) is 0 Å². The van der Waals surface area contributed by atoms with Gasteiger partial charge in [0.1, 0.15) is 6.07 Å². The third-order valence-corrected chi connectivity index (χ3v) is 3.15. The average Bonchev–Trinajstić information content (AvgIpc) is 2.35. The Labute approximate surface area is 117 Å². The Morgan fingerprint density at radius 2 is 2.22 bits per heavy atom. The molecule has 1 aromatic rings. The monoisotopic (exact) mass is 310 g/mol. The van der Waals surface area contributed by atoms with Crippen LogP contribution in [0.1, 0.15) is 51.6 Å². The van der Waals surface area contributed by atoms with E-state index in [4.69, 9.17) is 10.00 Å². The maximum Gasteiger partial charge on any atom is 0.182 e. The van der Waals surface area contributed by atoms with Crippen molar-refractivity contribution < 1.29 is 4.74 Å². The summed E-state index contributed by atoms with van der Waals surface area (Å²) < 4.78 is 6.61. The summed E-state index contributed by atoms with van der Waals surface area (Å²) in [4.78, 5) is 4.03. The lowest BCUT2D eigenvalue weighted by molar-refractivity contribution is 0.205. The van der Waals surface area contributed by atoms with Crippen LogP contribution in [-0.2, 0) is 0 Å². The summed E-state index contributed by atoms with van der Waals surface area (Å²) in [5.41, 5.74) is 0.346. The molecule has 1 rings (SSSR count).